The number of β-amino-alcohol motifs (C(OH)–C–C–N with tert-alkyl or cyclic N) is 1. The first-order valence-corrected chi connectivity index (χ1v) is 7.08. The molecule has 2 heterocycles. The number of hydrogen-bond acceptors (Lipinski definition) is 5. The molecule has 1 saturated heterocycles. The predicted octanol–water partition coefficient (Wildman–Crippen LogP) is 0.270. The van der Waals surface area contributed by atoms with E-state index in [2.05, 4.69) is 5.16 Å². The van der Waals surface area contributed by atoms with Gasteiger partial charge in [0, 0.05) is 19.2 Å². The van der Waals surface area contributed by atoms with Crippen LogP contribution in [0.5, 0.6) is 0 Å². The molecule has 1 aliphatic rings. The van der Waals surface area contributed by atoms with E-state index in [4.69, 9.17) is 4.52 Å². The highest BCUT2D eigenvalue weighted by Crippen LogP contribution is 2.28. The van der Waals surface area contributed by atoms with Crippen LogP contribution in [0.25, 0.3) is 0 Å². The fraction of sp³-hybridized carbons (Fsp3) is 0.700. The quantitative estimate of drug-likeness (QED) is 0.840. The third-order valence-electron chi connectivity index (χ3n) is 3.00. The van der Waals surface area contributed by atoms with Gasteiger partial charge in [0.05, 0.1) is 5.60 Å². The van der Waals surface area contributed by atoms with E-state index >= 15 is 0 Å². The maximum atomic E-state index is 11.9. The lowest BCUT2D eigenvalue weighted by Gasteiger charge is -2.44. The molecule has 1 aromatic heterocycles. The Balaban J connectivity index is 2.02. The summed E-state index contributed by atoms with van der Waals surface area (Å²) in [6, 6.07) is 1.60. The van der Waals surface area contributed by atoms with Crippen molar-refractivity contribution in [3.8, 4) is 0 Å². The van der Waals surface area contributed by atoms with Crippen molar-refractivity contribution in [3.05, 3.63) is 17.5 Å². The lowest BCUT2D eigenvalue weighted by molar-refractivity contribution is -0.0614. The van der Waals surface area contributed by atoms with Gasteiger partial charge in [0.2, 0.25) is 10.0 Å². The van der Waals surface area contributed by atoms with Crippen LogP contribution in [0.2, 0.25) is 0 Å². The van der Waals surface area contributed by atoms with Crippen molar-refractivity contribution in [1.29, 1.82) is 0 Å². The standard InChI is InChI=1S/C10H16N2O4S/c1-3-10(13)6-12(7-10)17(14,15)5-9-4-8(2)16-11-9/h4,13H,3,5-7H2,1-2H3. The highest BCUT2D eigenvalue weighted by atomic mass is 32.2. The summed E-state index contributed by atoms with van der Waals surface area (Å²) in [6.07, 6.45) is 0.558. The zero-order chi connectivity index (χ0) is 12.7. The largest absolute Gasteiger partial charge is 0.387 e. The van der Waals surface area contributed by atoms with E-state index < -0.39 is 15.6 Å². The highest BCUT2D eigenvalue weighted by Gasteiger charge is 2.45. The van der Waals surface area contributed by atoms with Gasteiger partial charge in [0.1, 0.15) is 17.2 Å². The van der Waals surface area contributed by atoms with Crippen molar-refractivity contribution < 1.29 is 18.0 Å². The Labute approximate surface area is 100 Å². The van der Waals surface area contributed by atoms with Gasteiger partial charge in [-0.3, -0.25) is 0 Å². The molecular formula is C10H16N2O4S. The van der Waals surface area contributed by atoms with Crippen molar-refractivity contribution in [2.24, 2.45) is 0 Å². The van der Waals surface area contributed by atoms with Crippen LogP contribution >= 0.6 is 0 Å². The normalized spacial score (nSPS) is 20.2. The number of aromatic nitrogens is 1. The van der Waals surface area contributed by atoms with E-state index in [9.17, 15) is 13.5 Å². The molecule has 7 heteroatoms. The summed E-state index contributed by atoms with van der Waals surface area (Å²) in [5.41, 5.74) is -0.457. The monoisotopic (exact) mass is 260 g/mol. The van der Waals surface area contributed by atoms with Crippen LogP contribution in [0.1, 0.15) is 24.8 Å². The van der Waals surface area contributed by atoms with Crippen molar-refractivity contribution in [3.63, 3.8) is 0 Å². The zero-order valence-electron chi connectivity index (χ0n) is 9.88. The number of aliphatic hydroxyl groups is 1. The van der Waals surface area contributed by atoms with Crippen LogP contribution in [-0.2, 0) is 15.8 Å². The minimum Gasteiger partial charge on any atom is -0.387 e. The number of aryl methyl sites for hydroxylation is 1. The second-order valence-electron chi connectivity index (χ2n) is 4.53. The third kappa shape index (κ3) is 2.51. The summed E-state index contributed by atoms with van der Waals surface area (Å²) in [4.78, 5) is 0. The predicted molar refractivity (Wildman–Crippen MR) is 60.7 cm³/mol. The molecule has 0 amide bonds. The van der Waals surface area contributed by atoms with E-state index in [0.717, 1.165) is 0 Å². The van der Waals surface area contributed by atoms with Gasteiger partial charge in [-0.05, 0) is 13.3 Å². The summed E-state index contributed by atoms with van der Waals surface area (Å²) in [7, 11) is -3.39. The van der Waals surface area contributed by atoms with Crippen molar-refractivity contribution in [2.45, 2.75) is 31.6 Å². The number of hydrogen-bond donors (Lipinski definition) is 1. The summed E-state index contributed by atoms with van der Waals surface area (Å²) < 4.78 is 30.0. The molecule has 0 spiro atoms. The second kappa shape index (κ2) is 4.08. The van der Waals surface area contributed by atoms with E-state index in [1.54, 1.807) is 13.0 Å². The van der Waals surface area contributed by atoms with Gasteiger partial charge in [0.25, 0.3) is 0 Å². The number of sulfonamides is 1. The van der Waals surface area contributed by atoms with Gasteiger partial charge in [-0.15, -0.1) is 0 Å². The van der Waals surface area contributed by atoms with E-state index in [1.165, 1.54) is 4.31 Å². The van der Waals surface area contributed by atoms with Crippen molar-refractivity contribution in [2.75, 3.05) is 13.1 Å². The molecule has 1 N–H and O–H groups in total. The van der Waals surface area contributed by atoms with Gasteiger partial charge in [0.15, 0.2) is 0 Å². The van der Waals surface area contributed by atoms with E-state index in [-0.39, 0.29) is 18.8 Å². The smallest absolute Gasteiger partial charge is 0.220 e. The minimum atomic E-state index is -3.39. The molecule has 1 aromatic rings. The first-order valence-electron chi connectivity index (χ1n) is 5.47. The SMILES string of the molecule is CCC1(O)CN(S(=O)(=O)Cc2cc(C)on2)C1. The van der Waals surface area contributed by atoms with Crippen LogP contribution in [0.3, 0.4) is 0 Å². The molecule has 1 fully saturated rings. The molecule has 17 heavy (non-hydrogen) atoms. The Bertz CT molecular complexity index is 502. The Morgan fingerprint density at radius 2 is 2.24 bits per heavy atom. The Morgan fingerprint density at radius 1 is 1.59 bits per heavy atom. The molecule has 6 nitrogen and oxygen atoms in total. The number of rotatable bonds is 4. The molecule has 0 unspecified atom stereocenters. The fourth-order valence-corrected chi connectivity index (χ4v) is 3.36. The topological polar surface area (TPSA) is 83.6 Å². The van der Waals surface area contributed by atoms with Crippen LogP contribution in [0, 0.1) is 6.92 Å². The highest BCUT2D eigenvalue weighted by molar-refractivity contribution is 7.88. The molecule has 0 radical (unpaired) electrons. The molecule has 0 aliphatic carbocycles. The number of nitrogens with zero attached hydrogens (tertiary/aromatic N) is 2. The maximum absolute atomic E-state index is 11.9. The van der Waals surface area contributed by atoms with Gasteiger partial charge in [-0.2, -0.15) is 4.31 Å². The van der Waals surface area contributed by atoms with Crippen molar-refractivity contribution >= 4 is 10.0 Å². The molecule has 2 rings (SSSR count). The summed E-state index contributed by atoms with van der Waals surface area (Å²) in [5.74, 6) is 0.410. The average Bonchev–Trinajstić information content (AvgIpc) is 2.58. The zero-order valence-corrected chi connectivity index (χ0v) is 10.7. The van der Waals surface area contributed by atoms with E-state index in [0.29, 0.717) is 17.9 Å². The average molecular weight is 260 g/mol. The van der Waals surface area contributed by atoms with E-state index in [1.807, 2.05) is 6.92 Å². The summed E-state index contributed by atoms with van der Waals surface area (Å²) in [6.45, 7) is 3.89. The third-order valence-corrected chi connectivity index (χ3v) is 4.71. The molecule has 0 saturated carbocycles. The fourth-order valence-electron chi connectivity index (χ4n) is 1.79. The lowest BCUT2D eigenvalue weighted by atomic mass is 9.94. The Morgan fingerprint density at radius 3 is 2.71 bits per heavy atom. The molecule has 0 aromatic carbocycles. The summed E-state index contributed by atoms with van der Waals surface area (Å²) >= 11 is 0. The second-order valence-corrected chi connectivity index (χ2v) is 6.50. The maximum Gasteiger partial charge on any atom is 0.220 e. The Kier molecular flexibility index (Phi) is 3.01. The molecule has 0 atom stereocenters. The van der Waals surface area contributed by atoms with Crippen LogP contribution < -0.4 is 0 Å². The lowest BCUT2D eigenvalue weighted by Crippen LogP contribution is -2.63. The van der Waals surface area contributed by atoms with Gasteiger partial charge in [-0.1, -0.05) is 12.1 Å². The minimum absolute atomic E-state index is 0.169. The van der Waals surface area contributed by atoms with Crippen molar-refractivity contribution in [1.82, 2.24) is 9.46 Å². The summed E-state index contributed by atoms with van der Waals surface area (Å²) in [5, 5.41) is 13.4. The molecule has 96 valence electrons. The molecular weight excluding hydrogens is 244 g/mol. The van der Waals surface area contributed by atoms with Crippen LogP contribution in [-0.4, -0.2) is 41.7 Å². The molecule has 0 bridgehead atoms. The first kappa shape index (κ1) is 12.5. The molecule has 1 aliphatic heterocycles. The van der Waals surface area contributed by atoms with Gasteiger partial charge in [-0.25, -0.2) is 8.42 Å². The first-order chi connectivity index (χ1) is 7.85. The van der Waals surface area contributed by atoms with Gasteiger partial charge < -0.3 is 9.63 Å². The van der Waals surface area contributed by atoms with Crippen LogP contribution in [0.15, 0.2) is 10.6 Å². The Hall–Kier alpha value is -0.920. The van der Waals surface area contributed by atoms with Gasteiger partial charge >= 0.3 is 0 Å². The van der Waals surface area contributed by atoms with Crippen LogP contribution in [0.4, 0.5) is 0 Å².